The molecule has 4 aromatic rings. The highest BCUT2D eigenvalue weighted by molar-refractivity contribution is 7.90. The number of halogens is 1. The number of nitriles is 1. The van der Waals surface area contributed by atoms with Crippen molar-refractivity contribution in [3.8, 4) is 17.6 Å². The van der Waals surface area contributed by atoms with Gasteiger partial charge < -0.3 is 11.5 Å². The Balaban J connectivity index is 1.85. The lowest BCUT2D eigenvalue weighted by molar-refractivity contribution is 0.517. The highest BCUT2D eigenvalue weighted by Crippen LogP contribution is 2.34. The van der Waals surface area contributed by atoms with Crippen LogP contribution < -0.4 is 15.8 Å². The number of benzene rings is 1. The standard InChI is InChI=1S/C21H21FN10O2S/c1-30(2)35(33,34)32(11-9-23)17-18(24)27-20(28-19(17)25)16-14-7-5-10-26-21(14)31(29-16)12-13-6-3-4-8-15(13)22/h3-8,10H,11-12H2,1-2H3,(H4,24,25,27,28). The van der Waals surface area contributed by atoms with Crippen LogP contribution in [0.15, 0.2) is 42.6 Å². The normalized spacial score (nSPS) is 11.6. The number of nitrogens with two attached hydrogens (primary N) is 2. The SMILES string of the molecule is CN(C)S(=O)(=O)N(CC#N)c1c(N)nc(-c2nn(Cc3ccccc3F)c3ncccc23)nc1N. The molecule has 4 rings (SSSR count). The van der Waals surface area contributed by atoms with Crippen LogP contribution in [0, 0.1) is 17.1 Å². The molecule has 0 atom stereocenters. The molecule has 3 aromatic heterocycles. The van der Waals surface area contributed by atoms with Crippen LogP contribution in [0.4, 0.5) is 21.7 Å². The van der Waals surface area contributed by atoms with Crippen LogP contribution in [0.5, 0.6) is 0 Å². The number of pyridine rings is 1. The van der Waals surface area contributed by atoms with Gasteiger partial charge in [-0.05, 0) is 18.2 Å². The van der Waals surface area contributed by atoms with Gasteiger partial charge in [-0.1, -0.05) is 18.2 Å². The maximum Gasteiger partial charge on any atom is 0.304 e. The number of nitrogen functional groups attached to an aromatic ring is 2. The molecule has 0 aliphatic carbocycles. The van der Waals surface area contributed by atoms with Gasteiger partial charge in [-0.15, -0.1) is 0 Å². The van der Waals surface area contributed by atoms with Crippen LogP contribution in [0.3, 0.4) is 0 Å². The average Bonchev–Trinajstić information content (AvgIpc) is 3.18. The van der Waals surface area contributed by atoms with Crippen LogP contribution in [-0.2, 0) is 16.8 Å². The Hall–Kier alpha value is -4.35. The van der Waals surface area contributed by atoms with Gasteiger partial charge in [0.1, 0.15) is 23.7 Å². The first-order valence-corrected chi connectivity index (χ1v) is 11.6. The number of anilines is 3. The first-order chi connectivity index (χ1) is 16.6. The molecule has 0 amide bonds. The van der Waals surface area contributed by atoms with E-state index in [1.54, 1.807) is 42.6 Å². The molecule has 0 radical (unpaired) electrons. The lowest BCUT2D eigenvalue weighted by atomic mass is 10.2. The second-order valence-corrected chi connectivity index (χ2v) is 9.66. The predicted octanol–water partition coefficient (Wildman–Crippen LogP) is 1.38. The van der Waals surface area contributed by atoms with Crippen molar-refractivity contribution in [2.75, 3.05) is 36.4 Å². The van der Waals surface area contributed by atoms with Gasteiger partial charge in [0.15, 0.2) is 23.1 Å². The summed E-state index contributed by atoms with van der Waals surface area (Å²) in [7, 11) is -1.49. The highest BCUT2D eigenvalue weighted by Gasteiger charge is 2.30. The summed E-state index contributed by atoms with van der Waals surface area (Å²) in [6.45, 7) is -0.456. The summed E-state index contributed by atoms with van der Waals surface area (Å²) in [6.07, 6.45) is 1.57. The third-order valence-corrected chi connectivity index (χ3v) is 6.93. The molecule has 0 aliphatic rings. The van der Waals surface area contributed by atoms with E-state index in [-0.39, 0.29) is 41.2 Å². The molecule has 12 nitrogen and oxygen atoms in total. The van der Waals surface area contributed by atoms with Gasteiger partial charge in [0, 0.05) is 25.9 Å². The van der Waals surface area contributed by atoms with Crippen LogP contribution >= 0.6 is 0 Å². The maximum atomic E-state index is 14.2. The predicted molar refractivity (Wildman–Crippen MR) is 128 cm³/mol. The Kier molecular flexibility index (Phi) is 6.20. The quantitative estimate of drug-likeness (QED) is 0.358. The lowest BCUT2D eigenvalue weighted by Gasteiger charge is -2.26. The Bertz CT molecular complexity index is 1540. The number of aromatic nitrogens is 5. The Morgan fingerprint density at radius 3 is 2.43 bits per heavy atom. The second-order valence-electron chi connectivity index (χ2n) is 7.59. The van der Waals surface area contributed by atoms with E-state index in [2.05, 4.69) is 20.1 Å². The van der Waals surface area contributed by atoms with Crippen molar-refractivity contribution in [3.05, 3.63) is 54.0 Å². The maximum absolute atomic E-state index is 14.2. The molecular weight excluding hydrogens is 475 g/mol. The molecule has 0 saturated carbocycles. The molecule has 0 fully saturated rings. The molecule has 0 unspecified atom stereocenters. The van der Waals surface area contributed by atoms with Crippen molar-refractivity contribution >= 4 is 38.6 Å². The molecule has 0 aliphatic heterocycles. The molecule has 4 N–H and O–H groups in total. The van der Waals surface area contributed by atoms with E-state index in [1.807, 2.05) is 0 Å². The van der Waals surface area contributed by atoms with E-state index >= 15 is 0 Å². The van der Waals surface area contributed by atoms with Crippen LogP contribution in [-0.4, -0.2) is 58.1 Å². The first kappa shape index (κ1) is 23.8. The van der Waals surface area contributed by atoms with Gasteiger partial charge in [0.2, 0.25) is 0 Å². The number of hydrogen-bond acceptors (Lipinski definition) is 9. The third-order valence-electron chi connectivity index (χ3n) is 5.14. The van der Waals surface area contributed by atoms with Crippen LogP contribution in [0.1, 0.15) is 5.56 Å². The summed E-state index contributed by atoms with van der Waals surface area (Å²) in [6, 6.07) is 11.5. The van der Waals surface area contributed by atoms with Gasteiger partial charge in [-0.25, -0.2) is 28.3 Å². The van der Waals surface area contributed by atoms with Crippen LogP contribution in [0.2, 0.25) is 0 Å². The number of fused-ring (bicyclic) bond motifs is 1. The summed E-state index contributed by atoms with van der Waals surface area (Å²) in [4.78, 5) is 12.8. The fourth-order valence-electron chi connectivity index (χ4n) is 3.46. The lowest BCUT2D eigenvalue weighted by Crippen LogP contribution is -2.41. The summed E-state index contributed by atoms with van der Waals surface area (Å²) in [5, 5.41) is 14.3. The zero-order valence-corrected chi connectivity index (χ0v) is 19.6. The van der Waals surface area contributed by atoms with E-state index in [1.165, 1.54) is 24.8 Å². The zero-order valence-electron chi connectivity index (χ0n) is 18.8. The minimum atomic E-state index is -4.11. The van der Waals surface area contributed by atoms with Crippen molar-refractivity contribution in [2.45, 2.75) is 6.54 Å². The summed E-state index contributed by atoms with van der Waals surface area (Å²) in [5.74, 6) is -0.877. The van der Waals surface area contributed by atoms with Gasteiger partial charge in [-0.3, -0.25) is 0 Å². The van der Waals surface area contributed by atoms with Crippen molar-refractivity contribution in [1.82, 2.24) is 29.0 Å². The van der Waals surface area contributed by atoms with E-state index in [0.717, 1.165) is 8.61 Å². The number of nitrogens with zero attached hydrogens (tertiary/aromatic N) is 8. The van der Waals surface area contributed by atoms with Crippen molar-refractivity contribution < 1.29 is 12.8 Å². The van der Waals surface area contributed by atoms with E-state index in [0.29, 0.717) is 16.6 Å². The number of hydrogen-bond donors (Lipinski definition) is 2. The molecule has 3 heterocycles. The summed E-state index contributed by atoms with van der Waals surface area (Å²) in [5.41, 5.74) is 13.2. The Morgan fingerprint density at radius 2 is 1.80 bits per heavy atom. The van der Waals surface area contributed by atoms with E-state index < -0.39 is 16.8 Å². The minimum absolute atomic E-state index is 0.0215. The van der Waals surface area contributed by atoms with Gasteiger partial charge in [0.05, 0.1) is 18.0 Å². The van der Waals surface area contributed by atoms with Gasteiger partial charge >= 0.3 is 10.2 Å². The van der Waals surface area contributed by atoms with Crippen molar-refractivity contribution in [3.63, 3.8) is 0 Å². The van der Waals surface area contributed by atoms with Gasteiger partial charge in [0.25, 0.3) is 0 Å². The molecule has 180 valence electrons. The fraction of sp³-hybridized carbons (Fsp3) is 0.190. The zero-order chi connectivity index (χ0) is 25.3. The average molecular weight is 497 g/mol. The van der Waals surface area contributed by atoms with Crippen molar-refractivity contribution in [2.24, 2.45) is 0 Å². The molecule has 14 heteroatoms. The molecule has 0 spiro atoms. The smallest absolute Gasteiger partial charge is 0.304 e. The van der Waals surface area contributed by atoms with Crippen molar-refractivity contribution in [1.29, 1.82) is 5.26 Å². The third kappa shape index (κ3) is 4.29. The largest absolute Gasteiger partial charge is 0.382 e. The minimum Gasteiger partial charge on any atom is -0.382 e. The first-order valence-electron chi connectivity index (χ1n) is 10.2. The monoisotopic (exact) mass is 496 g/mol. The fourth-order valence-corrected chi connectivity index (χ4v) is 4.49. The van der Waals surface area contributed by atoms with E-state index in [9.17, 15) is 18.1 Å². The molecule has 0 bridgehead atoms. The highest BCUT2D eigenvalue weighted by atomic mass is 32.2. The number of rotatable bonds is 7. The molecular formula is C21H21FN10O2S. The second kappa shape index (κ2) is 9.12. The molecule has 35 heavy (non-hydrogen) atoms. The summed E-state index contributed by atoms with van der Waals surface area (Å²) < 4.78 is 42.9. The molecule has 1 aromatic carbocycles. The topological polar surface area (TPSA) is 173 Å². The summed E-state index contributed by atoms with van der Waals surface area (Å²) >= 11 is 0. The van der Waals surface area contributed by atoms with Crippen LogP contribution in [0.25, 0.3) is 22.6 Å². The van der Waals surface area contributed by atoms with Gasteiger partial charge in [-0.2, -0.15) is 23.1 Å². The molecule has 0 saturated heterocycles. The van der Waals surface area contributed by atoms with E-state index in [4.69, 9.17) is 11.5 Å². The Labute approximate surface area is 200 Å². The Morgan fingerprint density at radius 1 is 1.11 bits per heavy atom.